The van der Waals surface area contributed by atoms with Crippen molar-refractivity contribution in [3.63, 3.8) is 0 Å². The number of aryl methyl sites for hydroxylation is 1. The maximum Gasteiger partial charge on any atom is 0.203 e. The fraction of sp³-hybridized carbons (Fsp3) is 0.250. The van der Waals surface area contributed by atoms with E-state index in [1.165, 1.54) is 5.56 Å². The first kappa shape index (κ1) is 11.2. The van der Waals surface area contributed by atoms with Gasteiger partial charge < -0.3 is 9.88 Å². The summed E-state index contributed by atoms with van der Waals surface area (Å²) in [4.78, 5) is 4.39. The molecule has 0 saturated carbocycles. The van der Waals surface area contributed by atoms with Crippen molar-refractivity contribution in [2.24, 2.45) is 0 Å². The average molecular weight is 280 g/mol. The van der Waals surface area contributed by atoms with Crippen LogP contribution in [0.15, 0.2) is 34.9 Å². The molecule has 0 aliphatic carbocycles. The summed E-state index contributed by atoms with van der Waals surface area (Å²) >= 11 is 3.43. The van der Waals surface area contributed by atoms with Crippen LogP contribution in [0.5, 0.6) is 0 Å². The molecule has 2 rings (SSSR count). The monoisotopic (exact) mass is 279 g/mol. The summed E-state index contributed by atoms with van der Waals surface area (Å²) in [6.45, 7) is 2.84. The Hall–Kier alpha value is -1.29. The van der Waals surface area contributed by atoms with Gasteiger partial charge in [0.25, 0.3) is 0 Å². The van der Waals surface area contributed by atoms with Crippen LogP contribution in [0.3, 0.4) is 0 Å². The van der Waals surface area contributed by atoms with E-state index in [1.807, 2.05) is 20.2 Å². The van der Waals surface area contributed by atoms with Crippen LogP contribution in [-0.2, 0) is 6.54 Å². The van der Waals surface area contributed by atoms with Gasteiger partial charge in [-0.15, -0.1) is 0 Å². The van der Waals surface area contributed by atoms with Crippen molar-refractivity contribution in [3.05, 3.63) is 46.2 Å². The minimum Gasteiger partial charge on any atom is -0.359 e. The molecule has 0 bridgehead atoms. The summed E-state index contributed by atoms with van der Waals surface area (Å²) in [7, 11) is 1.89. The molecule has 0 aliphatic heterocycles. The molecule has 4 heteroatoms. The maximum absolute atomic E-state index is 4.39. The molecular formula is C12H14BrN3. The van der Waals surface area contributed by atoms with Gasteiger partial charge in [0.15, 0.2) is 0 Å². The van der Waals surface area contributed by atoms with Gasteiger partial charge in [-0.25, -0.2) is 4.98 Å². The van der Waals surface area contributed by atoms with Gasteiger partial charge in [-0.1, -0.05) is 28.1 Å². The van der Waals surface area contributed by atoms with E-state index in [0.29, 0.717) is 0 Å². The maximum atomic E-state index is 4.39. The summed E-state index contributed by atoms with van der Waals surface area (Å²) < 4.78 is 3.21. The number of benzene rings is 1. The Kier molecular flexibility index (Phi) is 3.29. The lowest BCUT2D eigenvalue weighted by Crippen LogP contribution is -2.03. The van der Waals surface area contributed by atoms with Crippen LogP contribution in [0.2, 0.25) is 0 Å². The van der Waals surface area contributed by atoms with Crippen LogP contribution in [0.1, 0.15) is 11.3 Å². The molecule has 0 atom stereocenters. The zero-order valence-corrected chi connectivity index (χ0v) is 11.0. The number of rotatable bonds is 3. The van der Waals surface area contributed by atoms with Crippen LogP contribution < -0.4 is 5.32 Å². The van der Waals surface area contributed by atoms with Crippen LogP contribution in [0.4, 0.5) is 5.95 Å². The Morgan fingerprint density at radius 1 is 1.31 bits per heavy atom. The van der Waals surface area contributed by atoms with Gasteiger partial charge in [0.1, 0.15) is 0 Å². The Morgan fingerprint density at radius 3 is 2.62 bits per heavy atom. The highest BCUT2D eigenvalue weighted by molar-refractivity contribution is 9.10. The second-order valence-corrected chi connectivity index (χ2v) is 4.63. The smallest absolute Gasteiger partial charge is 0.203 e. The summed E-state index contributed by atoms with van der Waals surface area (Å²) in [5.74, 6) is 0.903. The quantitative estimate of drug-likeness (QED) is 0.936. The van der Waals surface area contributed by atoms with E-state index >= 15 is 0 Å². The van der Waals surface area contributed by atoms with E-state index < -0.39 is 0 Å². The van der Waals surface area contributed by atoms with E-state index in [-0.39, 0.29) is 0 Å². The topological polar surface area (TPSA) is 29.9 Å². The second kappa shape index (κ2) is 4.70. The van der Waals surface area contributed by atoms with E-state index in [9.17, 15) is 0 Å². The number of halogens is 1. The van der Waals surface area contributed by atoms with Crippen LogP contribution in [0, 0.1) is 6.92 Å². The fourth-order valence-electron chi connectivity index (χ4n) is 1.65. The number of nitrogens with one attached hydrogen (secondary N) is 1. The lowest BCUT2D eigenvalue weighted by Gasteiger charge is -2.06. The molecule has 0 spiro atoms. The van der Waals surface area contributed by atoms with Crippen molar-refractivity contribution in [2.75, 3.05) is 12.4 Å². The molecule has 0 saturated heterocycles. The highest BCUT2D eigenvalue weighted by atomic mass is 79.9. The Bertz CT molecular complexity index is 474. The SMILES string of the molecule is CNc1nc(C)cn1Cc1ccc(Br)cc1. The number of aromatic nitrogens is 2. The molecule has 1 N–H and O–H groups in total. The van der Waals surface area contributed by atoms with Gasteiger partial charge in [-0.2, -0.15) is 0 Å². The third kappa shape index (κ3) is 2.44. The minimum atomic E-state index is 0.838. The molecule has 0 radical (unpaired) electrons. The molecule has 3 nitrogen and oxygen atoms in total. The summed E-state index contributed by atoms with van der Waals surface area (Å²) in [5, 5.41) is 3.09. The van der Waals surface area contributed by atoms with Gasteiger partial charge in [0.05, 0.1) is 12.2 Å². The number of nitrogens with zero attached hydrogens (tertiary/aromatic N) is 2. The van der Waals surface area contributed by atoms with Crippen molar-refractivity contribution in [1.82, 2.24) is 9.55 Å². The van der Waals surface area contributed by atoms with Gasteiger partial charge in [-0.05, 0) is 24.6 Å². The summed E-state index contributed by atoms with van der Waals surface area (Å²) in [6, 6.07) is 8.33. The number of hydrogen-bond donors (Lipinski definition) is 1. The molecule has 84 valence electrons. The molecule has 2 aromatic rings. The Balaban J connectivity index is 2.22. The number of imidazole rings is 1. The van der Waals surface area contributed by atoms with Crippen LogP contribution >= 0.6 is 15.9 Å². The molecule has 1 heterocycles. The number of anilines is 1. The largest absolute Gasteiger partial charge is 0.359 e. The first-order valence-corrected chi connectivity index (χ1v) is 5.94. The van der Waals surface area contributed by atoms with Gasteiger partial charge in [0.2, 0.25) is 5.95 Å². The van der Waals surface area contributed by atoms with Crippen molar-refractivity contribution >= 4 is 21.9 Å². The summed E-state index contributed by atoms with van der Waals surface area (Å²) in [6.07, 6.45) is 2.05. The first-order chi connectivity index (χ1) is 7.69. The van der Waals surface area contributed by atoms with E-state index in [4.69, 9.17) is 0 Å². The Morgan fingerprint density at radius 2 is 2.00 bits per heavy atom. The molecule has 1 aromatic carbocycles. The lowest BCUT2D eigenvalue weighted by atomic mass is 10.2. The standard InChI is InChI=1S/C12H14BrN3/c1-9-7-16(12(14-2)15-9)8-10-3-5-11(13)6-4-10/h3-7H,8H2,1-2H3,(H,14,15). The van der Waals surface area contributed by atoms with Crippen molar-refractivity contribution in [1.29, 1.82) is 0 Å². The van der Waals surface area contributed by atoms with Crippen molar-refractivity contribution in [3.8, 4) is 0 Å². The normalized spacial score (nSPS) is 10.4. The molecule has 16 heavy (non-hydrogen) atoms. The molecule has 0 fully saturated rings. The van der Waals surface area contributed by atoms with Crippen molar-refractivity contribution < 1.29 is 0 Å². The van der Waals surface area contributed by atoms with Crippen LogP contribution in [-0.4, -0.2) is 16.6 Å². The summed E-state index contributed by atoms with van der Waals surface area (Å²) in [5.41, 5.74) is 2.29. The predicted molar refractivity (Wildman–Crippen MR) is 69.8 cm³/mol. The Labute approximate surface area is 104 Å². The second-order valence-electron chi connectivity index (χ2n) is 3.71. The number of hydrogen-bond acceptors (Lipinski definition) is 2. The van der Waals surface area contributed by atoms with Gasteiger partial charge in [-0.3, -0.25) is 0 Å². The van der Waals surface area contributed by atoms with Crippen molar-refractivity contribution in [2.45, 2.75) is 13.5 Å². The third-order valence-corrected chi connectivity index (χ3v) is 2.92. The minimum absolute atomic E-state index is 0.838. The fourth-order valence-corrected chi connectivity index (χ4v) is 1.92. The van der Waals surface area contributed by atoms with Gasteiger partial charge >= 0.3 is 0 Å². The molecule has 1 aromatic heterocycles. The zero-order valence-electron chi connectivity index (χ0n) is 9.37. The molecule has 0 unspecified atom stereocenters. The first-order valence-electron chi connectivity index (χ1n) is 5.15. The highest BCUT2D eigenvalue weighted by Gasteiger charge is 2.03. The highest BCUT2D eigenvalue weighted by Crippen LogP contribution is 2.14. The molecular weight excluding hydrogens is 266 g/mol. The molecule has 0 aliphatic rings. The van der Waals surface area contributed by atoms with E-state index in [2.05, 4.69) is 55.1 Å². The van der Waals surface area contributed by atoms with Gasteiger partial charge in [0, 0.05) is 17.7 Å². The van der Waals surface area contributed by atoms with Crippen LogP contribution in [0.25, 0.3) is 0 Å². The van der Waals surface area contributed by atoms with E-state index in [1.54, 1.807) is 0 Å². The average Bonchev–Trinajstić information content (AvgIpc) is 2.62. The zero-order chi connectivity index (χ0) is 11.5. The molecule has 0 amide bonds. The third-order valence-electron chi connectivity index (χ3n) is 2.39. The van der Waals surface area contributed by atoms with E-state index in [0.717, 1.165) is 22.7 Å². The predicted octanol–water partition coefficient (Wildman–Crippen LogP) is 3.04. The lowest BCUT2D eigenvalue weighted by molar-refractivity contribution is 0.804.